The molecule has 0 bridgehead atoms. The van der Waals surface area contributed by atoms with E-state index in [1.807, 2.05) is 31.2 Å². The van der Waals surface area contributed by atoms with Crippen molar-refractivity contribution >= 4 is 26.7 Å². The maximum Gasteiger partial charge on any atom is 0.185 e. The number of nitrogens with one attached hydrogen (secondary N) is 1. The lowest BCUT2D eigenvalue weighted by Crippen LogP contribution is -2.22. The summed E-state index contributed by atoms with van der Waals surface area (Å²) in [5.74, 6) is 0.00767. The van der Waals surface area contributed by atoms with Gasteiger partial charge in [0.2, 0.25) is 0 Å². The van der Waals surface area contributed by atoms with Crippen LogP contribution in [-0.2, 0) is 0 Å². The van der Waals surface area contributed by atoms with Crippen molar-refractivity contribution in [3.63, 3.8) is 0 Å². The van der Waals surface area contributed by atoms with Gasteiger partial charge < -0.3 is 15.5 Å². The Morgan fingerprint density at radius 1 is 1.36 bits per heavy atom. The Kier molecular flexibility index (Phi) is 4.19. The molecule has 1 aliphatic carbocycles. The second kappa shape index (κ2) is 6.37. The number of fused-ring (bicyclic) bond motifs is 1. The summed E-state index contributed by atoms with van der Waals surface area (Å²) >= 11 is 1.45. The summed E-state index contributed by atoms with van der Waals surface area (Å²) in [6.45, 7) is 1.99. The molecule has 3 aromatic rings. The van der Waals surface area contributed by atoms with Crippen LogP contribution in [0.15, 0.2) is 36.4 Å². The highest BCUT2D eigenvalue weighted by Crippen LogP contribution is 2.41. The quantitative estimate of drug-likeness (QED) is 0.608. The highest BCUT2D eigenvalue weighted by Gasteiger charge is 2.42. The summed E-state index contributed by atoms with van der Waals surface area (Å²) in [6.07, 6.45) is 0.123. The van der Waals surface area contributed by atoms with Crippen LogP contribution in [0.3, 0.4) is 0 Å². The summed E-state index contributed by atoms with van der Waals surface area (Å²) in [4.78, 5) is 4.52. The molecule has 0 aliphatic heterocycles. The molecule has 3 unspecified atom stereocenters. The number of thiazole rings is 1. The summed E-state index contributed by atoms with van der Waals surface area (Å²) < 4.78 is 15.2. The van der Waals surface area contributed by atoms with Gasteiger partial charge in [-0.05, 0) is 48.6 Å². The topological polar surface area (TPSA) is 65.4 Å². The van der Waals surface area contributed by atoms with Gasteiger partial charge in [0.15, 0.2) is 5.13 Å². The van der Waals surface area contributed by atoms with E-state index in [0.29, 0.717) is 10.7 Å². The van der Waals surface area contributed by atoms with E-state index in [-0.39, 0.29) is 24.3 Å². The van der Waals surface area contributed by atoms with E-state index in [0.717, 1.165) is 27.8 Å². The van der Waals surface area contributed by atoms with E-state index < -0.39 is 6.23 Å². The molecule has 1 aliphatic rings. The monoisotopic (exact) mass is 358 g/mol. The molecule has 25 heavy (non-hydrogen) atoms. The lowest BCUT2D eigenvalue weighted by molar-refractivity contribution is 0.161. The molecule has 1 saturated carbocycles. The number of anilines is 1. The zero-order valence-corrected chi connectivity index (χ0v) is 14.6. The predicted octanol–water partition coefficient (Wildman–Crippen LogP) is 3.77. The first-order valence-electron chi connectivity index (χ1n) is 8.28. The van der Waals surface area contributed by atoms with Gasteiger partial charge in [-0.25, -0.2) is 9.37 Å². The van der Waals surface area contributed by atoms with Crippen molar-refractivity contribution in [2.24, 2.45) is 11.8 Å². The van der Waals surface area contributed by atoms with Gasteiger partial charge >= 0.3 is 0 Å². The van der Waals surface area contributed by atoms with E-state index in [4.69, 9.17) is 5.11 Å². The molecule has 6 heteroatoms. The Morgan fingerprint density at radius 3 is 2.92 bits per heavy atom. The first-order valence-corrected chi connectivity index (χ1v) is 9.10. The fourth-order valence-electron chi connectivity index (χ4n) is 3.24. The summed E-state index contributed by atoms with van der Waals surface area (Å²) in [7, 11) is 0. The number of rotatable bonds is 5. The van der Waals surface area contributed by atoms with Crippen molar-refractivity contribution < 1.29 is 14.6 Å². The third-order valence-electron chi connectivity index (χ3n) is 4.79. The van der Waals surface area contributed by atoms with Crippen LogP contribution in [0.25, 0.3) is 21.3 Å². The van der Waals surface area contributed by atoms with E-state index in [1.165, 1.54) is 17.4 Å². The van der Waals surface area contributed by atoms with E-state index in [2.05, 4.69) is 10.3 Å². The molecule has 0 saturated heterocycles. The van der Waals surface area contributed by atoms with Crippen molar-refractivity contribution in [1.29, 1.82) is 0 Å². The fourth-order valence-corrected chi connectivity index (χ4v) is 4.12. The average Bonchev–Trinajstić information content (AvgIpc) is 3.27. The Hall–Kier alpha value is -2.02. The molecule has 4 rings (SSSR count). The van der Waals surface area contributed by atoms with Crippen molar-refractivity contribution in [2.45, 2.75) is 19.6 Å². The van der Waals surface area contributed by atoms with Crippen LogP contribution in [0, 0.1) is 24.6 Å². The second-order valence-electron chi connectivity index (χ2n) is 6.56. The van der Waals surface area contributed by atoms with Gasteiger partial charge in [0.05, 0.1) is 10.2 Å². The number of benzene rings is 2. The van der Waals surface area contributed by atoms with Crippen LogP contribution < -0.4 is 5.32 Å². The van der Waals surface area contributed by atoms with Gasteiger partial charge in [-0.15, -0.1) is 0 Å². The standard InChI is InChI=1S/C19H19FN2O2S/c1-10-3-2-4-14(20)17(10)11-5-6-16-15(8-11)21-19(25-16)22-18(24)13-7-12(13)9-23/h2-6,8,12-13,18,23-24H,7,9H2,1H3,(H,21,22). The number of aromatic nitrogens is 1. The van der Waals surface area contributed by atoms with Crippen molar-refractivity contribution in [3.8, 4) is 11.1 Å². The fraction of sp³-hybridized carbons (Fsp3) is 0.316. The number of hydrogen-bond acceptors (Lipinski definition) is 5. The molecule has 0 spiro atoms. The maximum absolute atomic E-state index is 14.2. The summed E-state index contributed by atoms with van der Waals surface area (Å²) in [5.41, 5.74) is 3.04. The zero-order chi connectivity index (χ0) is 17.6. The number of nitrogens with zero attached hydrogens (tertiary/aromatic N) is 1. The van der Waals surface area contributed by atoms with E-state index >= 15 is 0 Å². The third kappa shape index (κ3) is 3.13. The Bertz CT molecular complexity index is 907. The third-order valence-corrected chi connectivity index (χ3v) is 5.75. The molecule has 1 heterocycles. The molecule has 1 fully saturated rings. The lowest BCUT2D eigenvalue weighted by Gasteiger charge is -2.10. The van der Waals surface area contributed by atoms with Crippen molar-refractivity contribution in [3.05, 3.63) is 47.8 Å². The average molecular weight is 358 g/mol. The van der Waals surface area contributed by atoms with Gasteiger partial charge in [-0.3, -0.25) is 0 Å². The molecule has 0 amide bonds. The zero-order valence-electron chi connectivity index (χ0n) is 13.7. The smallest absolute Gasteiger partial charge is 0.185 e. The minimum atomic E-state index is -0.703. The highest BCUT2D eigenvalue weighted by molar-refractivity contribution is 7.22. The number of aliphatic hydroxyl groups excluding tert-OH is 2. The molecule has 4 nitrogen and oxygen atoms in total. The largest absolute Gasteiger partial charge is 0.396 e. The maximum atomic E-state index is 14.2. The molecule has 3 atom stereocenters. The minimum Gasteiger partial charge on any atom is -0.396 e. The molecule has 1 aromatic heterocycles. The first kappa shape index (κ1) is 16.4. The highest BCUT2D eigenvalue weighted by atomic mass is 32.1. The van der Waals surface area contributed by atoms with Gasteiger partial charge in [-0.1, -0.05) is 29.5 Å². The van der Waals surface area contributed by atoms with Crippen molar-refractivity contribution in [2.75, 3.05) is 11.9 Å². The van der Waals surface area contributed by atoms with Gasteiger partial charge in [0.1, 0.15) is 12.0 Å². The Morgan fingerprint density at radius 2 is 2.20 bits per heavy atom. The lowest BCUT2D eigenvalue weighted by atomic mass is 10.00. The molecular formula is C19H19FN2O2S. The molecule has 0 radical (unpaired) electrons. The second-order valence-corrected chi connectivity index (χ2v) is 7.60. The number of halogens is 1. The van der Waals surface area contributed by atoms with Crippen LogP contribution in [-0.4, -0.2) is 28.0 Å². The van der Waals surface area contributed by atoms with Crippen LogP contribution in [0.4, 0.5) is 9.52 Å². The van der Waals surface area contributed by atoms with Gasteiger partial charge in [0.25, 0.3) is 0 Å². The Labute approximate surface area is 149 Å². The number of aryl methyl sites for hydroxylation is 1. The van der Waals surface area contributed by atoms with Gasteiger partial charge in [-0.2, -0.15) is 0 Å². The molecule has 130 valence electrons. The molecule has 2 aromatic carbocycles. The van der Waals surface area contributed by atoms with Crippen LogP contribution in [0.5, 0.6) is 0 Å². The summed E-state index contributed by atoms with van der Waals surface area (Å²) in [5, 5.41) is 22.9. The normalized spacial score (nSPS) is 20.6. The molecular weight excluding hydrogens is 339 g/mol. The number of hydrogen-bond donors (Lipinski definition) is 3. The summed E-state index contributed by atoms with van der Waals surface area (Å²) in [6, 6.07) is 10.8. The minimum absolute atomic E-state index is 0.0774. The van der Waals surface area contributed by atoms with Crippen LogP contribution >= 0.6 is 11.3 Å². The van der Waals surface area contributed by atoms with Crippen LogP contribution in [0.2, 0.25) is 0 Å². The first-order chi connectivity index (χ1) is 12.1. The number of aliphatic hydroxyl groups is 2. The van der Waals surface area contributed by atoms with Crippen LogP contribution in [0.1, 0.15) is 12.0 Å². The SMILES string of the molecule is Cc1cccc(F)c1-c1ccc2sc(NC(O)C3CC3CO)nc2c1. The van der Waals surface area contributed by atoms with E-state index in [1.54, 1.807) is 6.07 Å². The van der Waals surface area contributed by atoms with E-state index in [9.17, 15) is 9.50 Å². The van der Waals surface area contributed by atoms with Gasteiger partial charge in [0, 0.05) is 18.1 Å². The molecule has 3 N–H and O–H groups in total. The van der Waals surface area contributed by atoms with Crippen molar-refractivity contribution in [1.82, 2.24) is 4.98 Å². The predicted molar refractivity (Wildman–Crippen MR) is 98.1 cm³/mol. The Balaban J connectivity index is 1.61.